The number of aryl methyl sites for hydroxylation is 1. The van der Waals surface area contributed by atoms with Gasteiger partial charge in [-0.25, -0.2) is 4.98 Å². The highest BCUT2D eigenvalue weighted by atomic mass is 16.5. The van der Waals surface area contributed by atoms with E-state index in [1.807, 2.05) is 6.92 Å². The molecule has 132 valence electrons. The van der Waals surface area contributed by atoms with Gasteiger partial charge in [-0.3, -0.25) is 9.59 Å². The quantitative estimate of drug-likeness (QED) is 0.847. The van der Waals surface area contributed by atoms with Gasteiger partial charge < -0.3 is 19.0 Å². The number of aromatic nitrogens is 1. The summed E-state index contributed by atoms with van der Waals surface area (Å²) < 4.78 is 10.4. The molecule has 2 heterocycles. The van der Waals surface area contributed by atoms with Gasteiger partial charge in [-0.05, 0) is 18.2 Å². The molecule has 1 saturated heterocycles. The van der Waals surface area contributed by atoms with E-state index in [4.69, 9.17) is 9.15 Å². The second-order valence-electron chi connectivity index (χ2n) is 5.79. The minimum atomic E-state index is -0.140. The van der Waals surface area contributed by atoms with Crippen LogP contribution >= 0.6 is 0 Å². The molecule has 1 aliphatic heterocycles. The highest BCUT2D eigenvalue weighted by molar-refractivity contribution is 5.95. The number of rotatable bonds is 4. The Balaban J connectivity index is 1.63. The van der Waals surface area contributed by atoms with E-state index in [-0.39, 0.29) is 11.8 Å². The lowest BCUT2D eigenvalue weighted by Gasteiger charge is -2.34. The standard InChI is InChI=1S/C18H21N3O4/c1-3-15-16(19-12-25-15)18(23)21-9-7-20(8-10-21)17(22)13-5-4-6-14(11-13)24-2/h4-6,11-12H,3,7-10H2,1-2H3. The van der Waals surface area contributed by atoms with Crippen LogP contribution in [0.1, 0.15) is 33.5 Å². The third kappa shape index (κ3) is 3.50. The van der Waals surface area contributed by atoms with Crippen LogP contribution in [0, 0.1) is 0 Å². The van der Waals surface area contributed by atoms with E-state index in [0.717, 1.165) is 0 Å². The van der Waals surface area contributed by atoms with Gasteiger partial charge in [0, 0.05) is 38.2 Å². The summed E-state index contributed by atoms with van der Waals surface area (Å²) in [5.74, 6) is 1.05. The lowest BCUT2D eigenvalue weighted by Crippen LogP contribution is -2.50. The first-order valence-corrected chi connectivity index (χ1v) is 8.29. The predicted molar refractivity (Wildman–Crippen MR) is 90.7 cm³/mol. The SMILES string of the molecule is CCc1ocnc1C(=O)N1CCN(C(=O)c2cccc(OC)c2)CC1. The number of benzene rings is 1. The molecule has 0 atom stereocenters. The van der Waals surface area contributed by atoms with E-state index in [9.17, 15) is 9.59 Å². The van der Waals surface area contributed by atoms with Crippen LogP contribution in [-0.4, -0.2) is 59.9 Å². The monoisotopic (exact) mass is 343 g/mol. The van der Waals surface area contributed by atoms with Crippen molar-refractivity contribution in [1.82, 2.24) is 14.8 Å². The molecular formula is C18H21N3O4. The smallest absolute Gasteiger partial charge is 0.276 e. The van der Waals surface area contributed by atoms with Gasteiger partial charge in [0.2, 0.25) is 0 Å². The number of nitrogens with zero attached hydrogens (tertiary/aromatic N) is 3. The lowest BCUT2D eigenvalue weighted by molar-refractivity contribution is 0.0531. The molecule has 2 aromatic rings. The first kappa shape index (κ1) is 17.0. The van der Waals surface area contributed by atoms with E-state index in [1.54, 1.807) is 41.2 Å². The van der Waals surface area contributed by atoms with Crippen molar-refractivity contribution in [3.05, 3.63) is 47.7 Å². The zero-order valence-corrected chi connectivity index (χ0v) is 14.4. The van der Waals surface area contributed by atoms with Crippen LogP contribution in [0.25, 0.3) is 0 Å². The fourth-order valence-corrected chi connectivity index (χ4v) is 2.90. The summed E-state index contributed by atoms with van der Waals surface area (Å²) in [5, 5.41) is 0. The normalized spacial score (nSPS) is 14.5. The molecule has 0 radical (unpaired) electrons. The minimum Gasteiger partial charge on any atom is -0.497 e. The van der Waals surface area contributed by atoms with Crippen LogP contribution in [0.15, 0.2) is 35.1 Å². The maximum absolute atomic E-state index is 12.6. The predicted octanol–water partition coefficient (Wildman–Crippen LogP) is 1.84. The van der Waals surface area contributed by atoms with E-state index >= 15 is 0 Å². The highest BCUT2D eigenvalue weighted by Crippen LogP contribution is 2.17. The summed E-state index contributed by atoms with van der Waals surface area (Å²) in [7, 11) is 1.57. The maximum atomic E-state index is 12.6. The van der Waals surface area contributed by atoms with Crippen LogP contribution < -0.4 is 4.74 Å². The Bertz CT molecular complexity index is 763. The number of methoxy groups -OCH3 is 1. The first-order valence-electron chi connectivity index (χ1n) is 8.29. The van der Waals surface area contributed by atoms with Gasteiger partial charge in [0.1, 0.15) is 11.5 Å². The molecule has 0 unspecified atom stereocenters. The summed E-state index contributed by atoms with van der Waals surface area (Å²) in [6.07, 6.45) is 1.92. The van der Waals surface area contributed by atoms with E-state index in [1.165, 1.54) is 6.39 Å². The van der Waals surface area contributed by atoms with Crippen molar-refractivity contribution in [2.75, 3.05) is 33.3 Å². The Labute approximate surface area is 146 Å². The van der Waals surface area contributed by atoms with Crippen molar-refractivity contribution in [2.24, 2.45) is 0 Å². The van der Waals surface area contributed by atoms with Gasteiger partial charge in [-0.1, -0.05) is 13.0 Å². The number of carbonyl (C=O) groups excluding carboxylic acids is 2. The molecule has 2 amide bonds. The highest BCUT2D eigenvalue weighted by Gasteiger charge is 2.28. The molecule has 7 nitrogen and oxygen atoms in total. The summed E-state index contributed by atoms with van der Waals surface area (Å²) in [4.78, 5) is 32.7. The summed E-state index contributed by atoms with van der Waals surface area (Å²) in [5.41, 5.74) is 0.957. The Hall–Kier alpha value is -2.83. The zero-order valence-electron chi connectivity index (χ0n) is 14.4. The molecule has 1 aliphatic rings. The number of amides is 2. The largest absolute Gasteiger partial charge is 0.497 e. The van der Waals surface area contributed by atoms with Crippen LogP contribution in [0.5, 0.6) is 5.75 Å². The van der Waals surface area contributed by atoms with E-state index < -0.39 is 0 Å². The van der Waals surface area contributed by atoms with Gasteiger partial charge in [-0.15, -0.1) is 0 Å². The topological polar surface area (TPSA) is 75.9 Å². The van der Waals surface area contributed by atoms with Gasteiger partial charge in [0.25, 0.3) is 11.8 Å². The molecule has 0 bridgehead atoms. The fourth-order valence-electron chi connectivity index (χ4n) is 2.90. The third-order valence-electron chi connectivity index (χ3n) is 4.34. The average Bonchev–Trinajstić information content (AvgIpc) is 3.15. The van der Waals surface area contributed by atoms with Crippen molar-refractivity contribution >= 4 is 11.8 Å². The number of piperazine rings is 1. The molecule has 25 heavy (non-hydrogen) atoms. The van der Waals surface area contributed by atoms with Crippen molar-refractivity contribution in [2.45, 2.75) is 13.3 Å². The zero-order chi connectivity index (χ0) is 17.8. The fraction of sp³-hybridized carbons (Fsp3) is 0.389. The molecular weight excluding hydrogens is 322 g/mol. The van der Waals surface area contributed by atoms with Crippen molar-refractivity contribution in [3.8, 4) is 5.75 Å². The number of hydrogen-bond donors (Lipinski definition) is 0. The van der Waals surface area contributed by atoms with Gasteiger partial charge in [-0.2, -0.15) is 0 Å². The van der Waals surface area contributed by atoms with Crippen molar-refractivity contribution in [3.63, 3.8) is 0 Å². The summed E-state index contributed by atoms with van der Waals surface area (Å²) in [6.45, 7) is 3.85. The number of oxazole rings is 1. The molecule has 0 spiro atoms. The molecule has 0 saturated carbocycles. The van der Waals surface area contributed by atoms with Crippen LogP contribution in [0.4, 0.5) is 0 Å². The maximum Gasteiger partial charge on any atom is 0.276 e. The Morgan fingerprint density at radius 1 is 1.16 bits per heavy atom. The third-order valence-corrected chi connectivity index (χ3v) is 4.34. The molecule has 1 aromatic heterocycles. The Morgan fingerprint density at radius 2 is 1.84 bits per heavy atom. The second kappa shape index (κ2) is 7.38. The Morgan fingerprint density at radius 3 is 2.48 bits per heavy atom. The van der Waals surface area contributed by atoms with E-state index in [0.29, 0.717) is 55.4 Å². The van der Waals surface area contributed by atoms with E-state index in [2.05, 4.69) is 4.98 Å². The molecule has 1 aromatic carbocycles. The van der Waals surface area contributed by atoms with Gasteiger partial charge in [0.15, 0.2) is 12.1 Å². The first-order chi connectivity index (χ1) is 12.1. The van der Waals surface area contributed by atoms with Gasteiger partial charge in [0.05, 0.1) is 7.11 Å². The van der Waals surface area contributed by atoms with Crippen molar-refractivity contribution < 1.29 is 18.7 Å². The van der Waals surface area contributed by atoms with Crippen LogP contribution in [0.3, 0.4) is 0 Å². The van der Waals surface area contributed by atoms with Crippen molar-refractivity contribution in [1.29, 1.82) is 0 Å². The number of hydrogen-bond acceptors (Lipinski definition) is 5. The second-order valence-corrected chi connectivity index (χ2v) is 5.79. The number of ether oxygens (including phenoxy) is 1. The summed E-state index contributed by atoms with van der Waals surface area (Å²) >= 11 is 0. The minimum absolute atomic E-state index is 0.0540. The van der Waals surface area contributed by atoms with Crippen LogP contribution in [0.2, 0.25) is 0 Å². The number of carbonyl (C=O) groups is 2. The molecule has 3 rings (SSSR count). The van der Waals surface area contributed by atoms with Crippen LogP contribution in [-0.2, 0) is 6.42 Å². The molecule has 0 N–H and O–H groups in total. The summed E-state index contributed by atoms with van der Waals surface area (Å²) in [6, 6.07) is 7.09. The average molecular weight is 343 g/mol. The molecule has 7 heteroatoms. The Kier molecular flexibility index (Phi) is 5.02. The molecule has 0 aliphatic carbocycles. The molecule has 1 fully saturated rings. The van der Waals surface area contributed by atoms with Gasteiger partial charge >= 0.3 is 0 Å². The lowest BCUT2D eigenvalue weighted by atomic mass is 10.1.